The van der Waals surface area contributed by atoms with Gasteiger partial charge in [-0.05, 0) is 86.9 Å². The van der Waals surface area contributed by atoms with E-state index in [0.717, 1.165) is 17.0 Å². The van der Waals surface area contributed by atoms with Gasteiger partial charge in [0, 0.05) is 5.69 Å². The van der Waals surface area contributed by atoms with Crippen LogP contribution in [0.4, 0.5) is 5.69 Å². The zero-order valence-electron chi connectivity index (χ0n) is 18.2. The first kappa shape index (κ1) is 23.0. The molecule has 3 amide bonds. The molecule has 9 heteroatoms. The van der Waals surface area contributed by atoms with E-state index in [9.17, 15) is 14.4 Å². The number of carbonyl (C=O) groups excluding carboxylic acids is 3. The number of hydrazone groups is 1. The summed E-state index contributed by atoms with van der Waals surface area (Å²) in [7, 11) is 0. The number of hydrogen-bond donors (Lipinski definition) is 1. The van der Waals surface area contributed by atoms with Crippen LogP contribution in [0, 0.1) is 30.6 Å². The Morgan fingerprint density at radius 1 is 1.09 bits per heavy atom. The zero-order chi connectivity index (χ0) is 24.0. The van der Waals surface area contributed by atoms with Crippen LogP contribution >= 0.6 is 31.9 Å². The first-order chi connectivity index (χ1) is 16.3. The maximum absolute atomic E-state index is 12.8. The molecule has 1 N–H and O–H groups in total. The van der Waals surface area contributed by atoms with E-state index < -0.39 is 0 Å². The van der Waals surface area contributed by atoms with Crippen LogP contribution in [0.3, 0.4) is 0 Å². The van der Waals surface area contributed by atoms with Crippen molar-refractivity contribution < 1.29 is 19.1 Å². The van der Waals surface area contributed by atoms with E-state index >= 15 is 0 Å². The number of benzene rings is 2. The Bertz CT molecular complexity index is 1190. The molecular weight excluding hydrogens is 566 g/mol. The molecule has 0 unspecified atom stereocenters. The molecule has 1 aliphatic heterocycles. The number of hydrogen-bond acceptors (Lipinski definition) is 5. The second-order valence-corrected chi connectivity index (χ2v) is 10.5. The minimum atomic E-state index is -0.284. The van der Waals surface area contributed by atoms with Gasteiger partial charge in [-0.1, -0.05) is 29.8 Å². The summed E-state index contributed by atoms with van der Waals surface area (Å²) < 4.78 is 6.90. The van der Waals surface area contributed by atoms with Gasteiger partial charge < -0.3 is 10.1 Å². The highest BCUT2D eigenvalue weighted by Gasteiger charge is 2.59. The highest BCUT2D eigenvalue weighted by atomic mass is 79.9. The number of fused-ring (bicyclic) bond motifs is 5. The van der Waals surface area contributed by atoms with Gasteiger partial charge in [0.15, 0.2) is 6.61 Å². The lowest BCUT2D eigenvalue weighted by Crippen LogP contribution is -2.28. The zero-order valence-corrected chi connectivity index (χ0v) is 21.4. The second-order valence-electron chi connectivity index (χ2n) is 8.75. The average molecular weight is 587 g/mol. The highest BCUT2D eigenvalue weighted by Crippen LogP contribution is 2.52. The Hall–Kier alpha value is -2.78. The van der Waals surface area contributed by atoms with Gasteiger partial charge in [-0.25, -0.2) is 0 Å². The molecule has 1 saturated heterocycles. The number of nitrogens with one attached hydrogen (secondary N) is 1. The van der Waals surface area contributed by atoms with Crippen LogP contribution in [-0.4, -0.2) is 35.6 Å². The molecule has 0 aromatic heterocycles. The summed E-state index contributed by atoms with van der Waals surface area (Å²) in [5.41, 5.74) is 2.47. The van der Waals surface area contributed by atoms with Crippen molar-refractivity contribution in [3.63, 3.8) is 0 Å². The summed E-state index contributed by atoms with van der Waals surface area (Å²) >= 11 is 6.92. The van der Waals surface area contributed by atoms with Crippen molar-refractivity contribution in [1.82, 2.24) is 5.01 Å². The first-order valence-electron chi connectivity index (χ1n) is 10.9. The SMILES string of the molecule is Cc1ccc(NC(=O)COc2c(Br)cc(C=NN3C(=O)[C@@H]4[C@H](C3=O)[C@H]3C=C[C@H]4C3)cc2Br)cc1. The monoisotopic (exact) mass is 585 g/mol. The quantitative estimate of drug-likeness (QED) is 0.302. The molecular formula is C25H21Br2N3O4. The first-order valence-corrected chi connectivity index (χ1v) is 12.5. The lowest BCUT2D eigenvalue weighted by Gasteiger charge is -2.13. The van der Waals surface area contributed by atoms with Crippen molar-refractivity contribution in [3.05, 3.63) is 68.6 Å². The fraction of sp³-hybridized carbons (Fsp3) is 0.280. The normalized spacial score (nSPS) is 24.9. The molecule has 0 spiro atoms. The van der Waals surface area contributed by atoms with E-state index in [4.69, 9.17) is 4.74 Å². The molecule has 2 bridgehead atoms. The minimum absolute atomic E-state index is 0.148. The molecule has 174 valence electrons. The van der Waals surface area contributed by atoms with Gasteiger partial charge in [0.25, 0.3) is 17.7 Å². The van der Waals surface area contributed by atoms with Gasteiger partial charge in [-0.15, -0.1) is 0 Å². The summed E-state index contributed by atoms with van der Waals surface area (Å²) in [6.45, 7) is 1.81. The van der Waals surface area contributed by atoms with Crippen LogP contribution in [0.5, 0.6) is 5.75 Å². The van der Waals surface area contributed by atoms with Crippen molar-refractivity contribution in [3.8, 4) is 5.75 Å². The van der Waals surface area contributed by atoms with Crippen LogP contribution in [0.1, 0.15) is 17.5 Å². The third-order valence-corrected chi connectivity index (χ3v) is 7.65. The molecule has 2 fully saturated rings. The number of anilines is 1. The van der Waals surface area contributed by atoms with Crippen LogP contribution in [0.2, 0.25) is 0 Å². The van der Waals surface area contributed by atoms with Crippen molar-refractivity contribution in [2.45, 2.75) is 13.3 Å². The topological polar surface area (TPSA) is 88.1 Å². The molecule has 3 aliphatic rings. The van der Waals surface area contributed by atoms with Gasteiger partial charge in [0.2, 0.25) is 0 Å². The standard InChI is InChI=1S/C25H21Br2N3O4/c1-13-2-6-17(7-3-13)29-20(31)12-34-23-18(26)8-14(9-19(23)27)11-28-30-24(32)21-15-4-5-16(10-15)22(21)25(30)33/h2-9,11,15-16,21-22H,10,12H2,1H3,(H,29,31)/t15-,16-,21-,22+/m0/s1. The predicted octanol–water partition coefficient (Wildman–Crippen LogP) is 4.68. The summed E-state index contributed by atoms with van der Waals surface area (Å²) in [5, 5.41) is 8.01. The molecule has 2 aromatic rings. The van der Waals surface area contributed by atoms with E-state index in [0.29, 0.717) is 25.9 Å². The molecule has 7 nitrogen and oxygen atoms in total. The number of amides is 3. The summed E-state index contributed by atoms with van der Waals surface area (Å²) in [6.07, 6.45) is 6.47. The number of ether oxygens (including phenoxy) is 1. The lowest BCUT2D eigenvalue weighted by atomic mass is 9.85. The summed E-state index contributed by atoms with van der Waals surface area (Å²) in [4.78, 5) is 37.8. The maximum atomic E-state index is 12.8. The van der Waals surface area contributed by atoms with Gasteiger partial charge in [-0.2, -0.15) is 10.1 Å². The molecule has 1 saturated carbocycles. The number of rotatable bonds is 6. The fourth-order valence-corrected chi connectivity index (χ4v) is 6.34. The van der Waals surface area contributed by atoms with Crippen molar-refractivity contribution >= 4 is 61.5 Å². The summed E-state index contributed by atoms with van der Waals surface area (Å²) in [5.74, 6) is -0.527. The fourth-order valence-electron chi connectivity index (χ4n) is 4.89. The molecule has 2 aromatic carbocycles. The number of carbonyl (C=O) groups is 3. The van der Waals surface area contributed by atoms with Gasteiger partial charge >= 0.3 is 0 Å². The van der Waals surface area contributed by atoms with Gasteiger partial charge in [0.1, 0.15) is 5.75 Å². The highest BCUT2D eigenvalue weighted by molar-refractivity contribution is 9.11. The van der Waals surface area contributed by atoms with E-state index in [1.165, 1.54) is 6.21 Å². The van der Waals surface area contributed by atoms with Crippen LogP contribution < -0.4 is 10.1 Å². The number of allylic oxidation sites excluding steroid dienone is 2. The van der Waals surface area contributed by atoms with Crippen molar-refractivity contribution in [2.24, 2.45) is 28.8 Å². The molecule has 1 heterocycles. The molecule has 0 radical (unpaired) electrons. The number of aryl methyl sites for hydroxylation is 1. The Morgan fingerprint density at radius 3 is 2.26 bits per heavy atom. The van der Waals surface area contributed by atoms with E-state index in [1.54, 1.807) is 12.1 Å². The van der Waals surface area contributed by atoms with Crippen LogP contribution in [0.15, 0.2) is 62.6 Å². The van der Waals surface area contributed by atoms with E-state index in [-0.39, 0.29) is 48.0 Å². The van der Waals surface area contributed by atoms with Crippen LogP contribution in [-0.2, 0) is 14.4 Å². The third kappa shape index (κ3) is 4.22. The lowest BCUT2D eigenvalue weighted by molar-refractivity contribution is -0.140. The van der Waals surface area contributed by atoms with E-state index in [2.05, 4.69) is 54.4 Å². The van der Waals surface area contributed by atoms with E-state index in [1.807, 2.05) is 31.2 Å². The predicted molar refractivity (Wildman–Crippen MR) is 134 cm³/mol. The summed E-state index contributed by atoms with van der Waals surface area (Å²) in [6, 6.07) is 11.0. The second kappa shape index (κ2) is 9.11. The van der Waals surface area contributed by atoms with Crippen molar-refractivity contribution in [2.75, 3.05) is 11.9 Å². The molecule has 5 rings (SSSR count). The van der Waals surface area contributed by atoms with Gasteiger partial charge in [-0.3, -0.25) is 14.4 Å². The largest absolute Gasteiger partial charge is 0.481 e. The Morgan fingerprint density at radius 2 is 1.68 bits per heavy atom. The smallest absolute Gasteiger partial charge is 0.262 e. The number of imide groups is 1. The molecule has 34 heavy (non-hydrogen) atoms. The number of halogens is 2. The Labute approximate surface area is 213 Å². The molecule has 2 aliphatic carbocycles. The Kier molecular flexibility index (Phi) is 6.16. The minimum Gasteiger partial charge on any atom is -0.481 e. The van der Waals surface area contributed by atoms with Crippen LogP contribution in [0.25, 0.3) is 0 Å². The third-order valence-electron chi connectivity index (χ3n) is 6.47. The number of nitrogens with zero attached hydrogens (tertiary/aromatic N) is 2. The Balaban J connectivity index is 1.23. The van der Waals surface area contributed by atoms with Crippen molar-refractivity contribution in [1.29, 1.82) is 0 Å². The van der Waals surface area contributed by atoms with Gasteiger partial charge in [0.05, 0.1) is 27.0 Å². The molecule has 4 atom stereocenters. The average Bonchev–Trinajstić information content (AvgIpc) is 3.47. The maximum Gasteiger partial charge on any atom is 0.262 e.